The Bertz CT molecular complexity index is 371. The number of pyridine rings is 1. The van der Waals surface area contributed by atoms with Crippen molar-refractivity contribution in [3.05, 3.63) is 28.5 Å². The monoisotopic (exact) mass is 270 g/mol. The van der Waals surface area contributed by atoms with Gasteiger partial charge in [0.15, 0.2) is 0 Å². The number of hydrogen-bond donors (Lipinski definition) is 1. The Hall–Kier alpha value is -1.36. The quantitative estimate of drug-likeness (QED) is 0.518. The van der Waals surface area contributed by atoms with Crippen molar-refractivity contribution >= 4 is 33.7 Å². The van der Waals surface area contributed by atoms with Crippen LogP contribution in [0.15, 0.2) is 22.9 Å². The Kier molecular flexibility index (Phi) is 4.30. The predicted molar refractivity (Wildman–Crippen MR) is 62.0 cm³/mol. The summed E-state index contributed by atoms with van der Waals surface area (Å²) in [5, 5.41) is 0. The van der Waals surface area contributed by atoms with E-state index in [9.17, 15) is 4.79 Å². The molecule has 0 spiro atoms. The Morgan fingerprint density at radius 2 is 2.47 bits per heavy atom. The number of esters is 1. The lowest BCUT2D eigenvalue weighted by Crippen LogP contribution is -1.99. The minimum Gasteiger partial charge on any atom is -0.463 e. The summed E-state index contributed by atoms with van der Waals surface area (Å²) in [5.41, 5.74) is 6.93. The van der Waals surface area contributed by atoms with Gasteiger partial charge in [-0.05, 0) is 35.0 Å². The van der Waals surface area contributed by atoms with Gasteiger partial charge in [-0.3, -0.25) is 0 Å². The molecule has 80 valence electrons. The molecule has 0 saturated heterocycles. The molecule has 0 aliphatic heterocycles. The average Bonchev–Trinajstić information content (AvgIpc) is 2.17. The van der Waals surface area contributed by atoms with Crippen LogP contribution in [0.2, 0.25) is 0 Å². The zero-order chi connectivity index (χ0) is 11.3. The smallest absolute Gasteiger partial charge is 0.330 e. The number of ether oxygens (including phenoxy) is 1. The number of aromatic nitrogens is 1. The molecule has 5 heteroatoms. The topological polar surface area (TPSA) is 65.2 Å². The molecule has 1 rings (SSSR count). The van der Waals surface area contributed by atoms with E-state index in [4.69, 9.17) is 10.5 Å². The Morgan fingerprint density at radius 1 is 1.73 bits per heavy atom. The maximum absolute atomic E-state index is 11.1. The lowest BCUT2D eigenvalue weighted by Gasteiger charge is -2.01. The maximum Gasteiger partial charge on any atom is 0.330 e. The van der Waals surface area contributed by atoms with Crippen LogP contribution in [0.1, 0.15) is 12.5 Å². The minimum atomic E-state index is -0.396. The van der Waals surface area contributed by atoms with E-state index < -0.39 is 5.97 Å². The van der Waals surface area contributed by atoms with Gasteiger partial charge in [-0.15, -0.1) is 0 Å². The lowest BCUT2D eigenvalue weighted by atomic mass is 10.2. The zero-order valence-electron chi connectivity index (χ0n) is 8.24. The molecule has 0 fully saturated rings. The molecular weight excluding hydrogens is 260 g/mol. The van der Waals surface area contributed by atoms with Crippen molar-refractivity contribution in [2.24, 2.45) is 0 Å². The number of carbonyl (C=O) groups excluding carboxylic acids is 1. The summed E-state index contributed by atoms with van der Waals surface area (Å²) in [5.74, 6) is -0.396. The predicted octanol–water partition coefficient (Wildman–Crippen LogP) is 2.00. The number of rotatable bonds is 3. The lowest BCUT2D eigenvalue weighted by molar-refractivity contribution is -0.137. The van der Waals surface area contributed by atoms with E-state index in [1.807, 2.05) is 0 Å². The zero-order valence-corrected chi connectivity index (χ0v) is 9.82. The highest BCUT2D eigenvalue weighted by Crippen LogP contribution is 2.21. The Balaban J connectivity index is 2.84. The van der Waals surface area contributed by atoms with Crippen molar-refractivity contribution in [3.8, 4) is 0 Å². The van der Waals surface area contributed by atoms with Gasteiger partial charge in [0.05, 0.1) is 6.61 Å². The fourth-order valence-electron chi connectivity index (χ4n) is 0.968. The summed E-state index contributed by atoms with van der Waals surface area (Å²) in [6, 6.07) is 1.66. The van der Waals surface area contributed by atoms with Crippen LogP contribution < -0.4 is 5.73 Å². The second kappa shape index (κ2) is 5.50. The van der Waals surface area contributed by atoms with Gasteiger partial charge in [0.1, 0.15) is 4.60 Å². The minimum absolute atomic E-state index is 0.354. The molecule has 2 N–H and O–H groups in total. The molecule has 1 heterocycles. The summed E-state index contributed by atoms with van der Waals surface area (Å²) in [6.07, 6.45) is 4.48. The first-order valence-corrected chi connectivity index (χ1v) is 5.19. The Morgan fingerprint density at radius 3 is 3.07 bits per heavy atom. The summed E-state index contributed by atoms with van der Waals surface area (Å²) in [6.45, 7) is 2.10. The highest BCUT2D eigenvalue weighted by molar-refractivity contribution is 9.10. The van der Waals surface area contributed by atoms with Crippen molar-refractivity contribution in [2.45, 2.75) is 6.92 Å². The van der Waals surface area contributed by atoms with Crippen LogP contribution in [0.4, 0.5) is 5.69 Å². The summed E-state index contributed by atoms with van der Waals surface area (Å²) < 4.78 is 5.34. The van der Waals surface area contributed by atoms with Crippen LogP contribution in [-0.2, 0) is 9.53 Å². The van der Waals surface area contributed by atoms with E-state index >= 15 is 0 Å². The number of nitrogens with zero attached hydrogens (tertiary/aromatic N) is 1. The van der Waals surface area contributed by atoms with Gasteiger partial charge >= 0.3 is 5.97 Å². The molecule has 15 heavy (non-hydrogen) atoms. The van der Waals surface area contributed by atoms with E-state index in [1.54, 1.807) is 25.3 Å². The molecule has 0 amide bonds. The first-order valence-electron chi connectivity index (χ1n) is 4.40. The number of halogens is 1. The molecule has 0 saturated carbocycles. The van der Waals surface area contributed by atoms with Crippen molar-refractivity contribution in [2.75, 3.05) is 12.3 Å². The number of carbonyl (C=O) groups is 1. The van der Waals surface area contributed by atoms with Gasteiger partial charge in [-0.25, -0.2) is 9.78 Å². The fraction of sp³-hybridized carbons (Fsp3) is 0.200. The number of anilines is 1. The van der Waals surface area contributed by atoms with Gasteiger partial charge in [0.25, 0.3) is 0 Å². The first kappa shape index (κ1) is 11.7. The van der Waals surface area contributed by atoms with E-state index in [2.05, 4.69) is 20.9 Å². The van der Waals surface area contributed by atoms with Crippen LogP contribution >= 0.6 is 15.9 Å². The van der Waals surface area contributed by atoms with Crippen molar-refractivity contribution in [1.29, 1.82) is 0 Å². The molecular formula is C10H11BrN2O2. The second-order valence-electron chi connectivity index (χ2n) is 2.69. The molecule has 0 bridgehead atoms. The number of hydrogen-bond acceptors (Lipinski definition) is 4. The molecule has 1 aromatic rings. The third kappa shape index (κ3) is 3.36. The second-order valence-corrected chi connectivity index (χ2v) is 3.44. The van der Waals surface area contributed by atoms with E-state index in [-0.39, 0.29) is 0 Å². The van der Waals surface area contributed by atoms with Gasteiger partial charge in [0, 0.05) is 23.5 Å². The van der Waals surface area contributed by atoms with Crippen molar-refractivity contribution < 1.29 is 9.53 Å². The van der Waals surface area contributed by atoms with E-state index in [0.29, 0.717) is 22.5 Å². The van der Waals surface area contributed by atoms with Crippen molar-refractivity contribution in [1.82, 2.24) is 4.98 Å². The summed E-state index contributed by atoms with van der Waals surface area (Å²) in [7, 11) is 0. The largest absolute Gasteiger partial charge is 0.463 e. The van der Waals surface area contributed by atoms with Gasteiger partial charge < -0.3 is 10.5 Å². The van der Waals surface area contributed by atoms with Crippen molar-refractivity contribution in [3.63, 3.8) is 0 Å². The molecule has 0 aromatic carbocycles. The summed E-state index contributed by atoms with van der Waals surface area (Å²) in [4.78, 5) is 15.1. The molecule has 0 atom stereocenters. The normalized spacial score (nSPS) is 10.5. The van der Waals surface area contributed by atoms with Crippen LogP contribution in [0.3, 0.4) is 0 Å². The van der Waals surface area contributed by atoms with Gasteiger partial charge in [-0.1, -0.05) is 0 Å². The van der Waals surface area contributed by atoms with E-state index in [1.165, 1.54) is 6.08 Å². The molecule has 0 radical (unpaired) electrons. The van der Waals surface area contributed by atoms with Crippen LogP contribution in [0.5, 0.6) is 0 Å². The molecule has 0 unspecified atom stereocenters. The third-order valence-electron chi connectivity index (χ3n) is 1.65. The number of nitrogens with two attached hydrogens (primary N) is 1. The first-order chi connectivity index (χ1) is 7.15. The highest BCUT2D eigenvalue weighted by atomic mass is 79.9. The summed E-state index contributed by atoms with van der Waals surface area (Å²) >= 11 is 3.24. The highest BCUT2D eigenvalue weighted by Gasteiger charge is 2.02. The maximum atomic E-state index is 11.1. The van der Waals surface area contributed by atoms with E-state index in [0.717, 1.165) is 0 Å². The number of nitrogen functional groups attached to an aromatic ring is 1. The standard InChI is InChI=1S/C10H11BrN2O2/c1-2-15-9(14)4-3-7-8(12)5-6-13-10(7)11/h3-6H,2H2,1H3,(H2,12,13)/b4-3+. The van der Waals surface area contributed by atoms with Crippen LogP contribution in [0, 0.1) is 0 Å². The molecule has 0 aliphatic carbocycles. The molecule has 0 aliphatic rings. The molecule has 4 nitrogen and oxygen atoms in total. The third-order valence-corrected chi connectivity index (χ3v) is 2.28. The van der Waals surface area contributed by atoms with Crippen LogP contribution in [0.25, 0.3) is 6.08 Å². The van der Waals surface area contributed by atoms with Crippen LogP contribution in [-0.4, -0.2) is 17.6 Å². The molecule has 1 aromatic heterocycles. The average molecular weight is 271 g/mol. The van der Waals surface area contributed by atoms with Gasteiger partial charge in [0.2, 0.25) is 0 Å². The SMILES string of the molecule is CCOC(=O)/C=C/c1c(N)ccnc1Br. The Labute approximate surface area is 96.3 Å². The van der Waals surface area contributed by atoms with Gasteiger partial charge in [-0.2, -0.15) is 0 Å². The fourth-order valence-corrected chi connectivity index (χ4v) is 1.45.